The van der Waals surface area contributed by atoms with Gasteiger partial charge in [0, 0.05) is 36.0 Å². The topological polar surface area (TPSA) is 107 Å². The maximum atomic E-state index is 14.9. The third kappa shape index (κ3) is 8.36. The van der Waals surface area contributed by atoms with E-state index in [9.17, 15) is 18.0 Å². The van der Waals surface area contributed by atoms with Crippen LogP contribution >= 0.6 is 0 Å². The number of halogens is 3. The van der Waals surface area contributed by atoms with Crippen molar-refractivity contribution < 1.29 is 36.9 Å². The predicted molar refractivity (Wildman–Crippen MR) is 167 cm³/mol. The SMILES string of the molecule is COc1ccc(NC(=O)Oc2cc(-c3cccc(F)c3F)nc(Nc3ccc(OCCCN4CCCCC4)c(F)c3)n2)c(OC)c1. The number of hydrogen-bond acceptors (Lipinski definition) is 9. The summed E-state index contributed by atoms with van der Waals surface area (Å²) in [6.07, 6.45) is 3.49. The molecule has 1 amide bonds. The van der Waals surface area contributed by atoms with Crippen LogP contribution in [0.25, 0.3) is 11.3 Å². The van der Waals surface area contributed by atoms with Crippen LogP contribution < -0.4 is 29.6 Å². The Morgan fingerprint density at radius 3 is 2.48 bits per heavy atom. The summed E-state index contributed by atoms with van der Waals surface area (Å²) in [6, 6.07) is 13.7. The average Bonchev–Trinajstić information content (AvgIpc) is 3.05. The second kappa shape index (κ2) is 15.3. The lowest BCUT2D eigenvalue weighted by Crippen LogP contribution is -2.31. The number of likely N-dealkylation sites (tertiary alicyclic amines) is 1. The molecule has 0 aliphatic carbocycles. The lowest BCUT2D eigenvalue weighted by atomic mass is 10.1. The number of carbonyl (C=O) groups excluding carboxylic acids is 1. The van der Waals surface area contributed by atoms with Crippen LogP contribution in [0.5, 0.6) is 23.1 Å². The van der Waals surface area contributed by atoms with Crippen molar-refractivity contribution in [1.29, 1.82) is 0 Å². The van der Waals surface area contributed by atoms with Crippen molar-refractivity contribution in [2.75, 3.05) is 51.1 Å². The number of nitrogens with zero attached hydrogens (tertiary/aromatic N) is 3. The number of piperidine rings is 1. The van der Waals surface area contributed by atoms with E-state index in [1.165, 1.54) is 63.8 Å². The van der Waals surface area contributed by atoms with Crippen molar-refractivity contribution in [2.24, 2.45) is 0 Å². The van der Waals surface area contributed by atoms with Gasteiger partial charge in [-0.15, -0.1) is 0 Å². The Morgan fingerprint density at radius 2 is 1.72 bits per heavy atom. The van der Waals surface area contributed by atoms with E-state index in [1.807, 2.05) is 0 Å². The van der Waals surface area contributed by atoms with E-state index in [2.05, 4.69) is 25.5 Å². The molecule has 242 valence electrons. The Morgan fingerprint density at radius 1 is 0.891 bits per heavy atom. The van der Waals surface area contributed by atoms with Crippen LogP contribution in [0.3, 0.4) is 0 Å². The summed E-state index contributed by atoms with van der Waals surface area (Å²) in [6.45, 7) is 3.43. The van der Waals surface area contributed by atoms with Gasteiger partial charge >= 0.3 is 6.09 Å². The monoisotopic (exact) mass is 637 g/mol. The minimum Gasteiger partial charge on any atom is -0.497 e. The molecule has 5 rings (SSSR count). The fourth-order valence-corrected chi connectivity index (χ4v) is 4.98. The van der Waals surface area contributed by atoms with Gasteiger partial charge in [0.15, 0.2) is 23.2 Å². The standard InChI is InChI=1S/C33H34F3N5O5/c1-43-22-11-12-26(29(19-22)44-2)39-33(42)46-30-20-27(23-8-6-9-24(34)31(23)36)38-32(40-30)37-21-10-13-28(25(35)18-21)45-17-7-16-41-14-4-3-5-15-41/h6,8-13,18-20H,3-5,7,14-17H2,1-2H3,(H,39,42)(H,37,38,40). The van der Waals surface area contributed by atoms with Crippen LogP contribution in [-0.4, -0.2) is 61.4 Å². The summed E-state index contributed by atoms with van der Waals surface area (Å²) in [4.78, 5) is 23.7. The largest absolute Gasteiger partial charge is 0.497 e. The van der Waals surface area contributed by atoms with Crippen molar-refractivity contribution in [3.05, 3.63) is 78.1 Å². The molecule has 0 spiro atoms. The quantitative estimate of drug-likeness (QED) is 0.156. The summed E-state index contributed by atoms with van der Waals surface area (Å²) in [5, 5.41) is 5.37. The van der Waals surface area contributed by atoms with Gasteiger partial charge in [-0.25, -0.2) is 22.9 Å². The number of benzene rings is 3. The number of rotatable bonds is 12. The minimum absolute atomic E-state index is 0.0894. The minimum atomic E-state index is -1.15. The maximum Gasteiger partial charge on any atom is 0.418 e. The summed E-state index contributed by atoms with van der Waals surface area (Å²) >= 11 is 0. The van der Waals surface area contributed by atoms with Crippen LogP contribution in [-0.2, 0) is 0 Å². The number of hydrogen-bond donors (Lipinski definition) is 2. The third-order valence-electron chi connectivity index (χ3n) is 7.29. The first-order valence-electron chi connectivity index (χ1n) is 14.8. The Labute approximate surface area is 264 Å². The van der Waals surface area contributed by atoms with E-state index in [0.717, 1.165) is 32.1 Å². The van der Waals surface area contributed by atoms with Gasteiger partial charge in [-0.3, -0.25) is 5.32 Å². The highest BCUT2D eigenvalue weighted by Gasteiger charge is 2.18. The molecule has 0 saturated carbocycles. The number of anilines is 3. The van der Waals surface area contributed by atoms with E-state index in [1.54, 1.807) is 24.3 Å². The maximum absolute atomic E-state index is 14.9. The van der Waals surface area contributed by atoms with Crippen LogP contribution in [0.15, 0.2) is 60.7 Å². The molecule has 13 heteroatoms. The highest BCUT2D eigenvalue weighted by atomic mass is 19.2. The number of methoxy groups -OCH3 is 2. The number of ether oxygens (including phenoxy) is 4. The first-order valence-corrected chi connectivity index (χ1v) is 14.8. The number of amides is 1. The molecule has 4 aromatic rings. The predicted octanol–water partition coefficient (Wildman–Crippen LogP) is 7.19. The van der Waals surface area contributed by atoms with Gasteiger partial charge in [-0.1, -0.05) is 12.5 Å². The molecule has 0 bridgehead atoms. The lowest BCUT2D eigenvalue weighted by molar-refractivity contribution is 0.203. The summed E-state index contributed by atoms with van der Waals surface area (Å²) in [5.41, 5.74) is 0.232. The smallest absolute Gasteiger partial charge is 0.418 e. The van der Waals surface area contributed by atoms with Gasteiger partial charge in [-0.2, -0.15) is 4.98 Å². The molecule has 10 nitrogen and oxygen atoms in total. The summed E-state index contributed by atoms with van der Waals surface area (Å²) < 4.78 is 65.3. The van der Waals surface area contributed by atoms with Crippen molar-refractivity contribution in [2.45, 2.75) is 25.7 Å². The number of aromatic nitrogens is 2. The highest BCUT2D eigenvalue weighted by Crippen LogP contribution is 2.31. The molecule has 1 aliphatic rings. The molecular weight excluding hydrogens is 603 g/mol. The van der Waals surface area contributed by atoms with Crippen molar-refractivity contribution in [1.82, 2.24) is 14.9 Å². The van der Waals surface area contributed by atoms with Crippen LogP contribution in [0.1, 0.15) is 25.7 Å². The van der Waals surface area contributed by atoms with Gasteiger partial charge in [0.1, 0.15) is 11.5 Å². The second-order valence-corrected chi connectivity index (χ2v) is 10.5. The van der Waals surface area contributed by atoms with Crippen LogP contribution in [0.2, 0.25) is 0 Å². The Bertz CT molecular complexity index is 1670. The Hall–Kier alpha value is -5.04. The van der Waals surface area contributed by atoms with E-state index in [0.29, 0.717) is 18.1 Å². The van der Waals surface area contributed by atoms with Gasteiger partial charge in [0.25, 0.3) is 0 Å². The van der Waals surface area contributed by atoms with Gasteiger partial charge in [-0.05, 0) is 68.8 Å². The highest BCUT2D eigenvalue weighted by molar-refractivity contribution is 5.88. The molecule has 2 N–H and O–H groups in total. The second-order valence-electron chi connectivity index (χ2n) is 10.5. The van der Waals surface area contributed by atoms with E-state index >= 15 is 0 Å². The van der Waals surface area contributed by atoms with Gasteiger partial charge in [0.2, 0.25) is 11.8 Å². The molecule has 0 atom stereocenters. The molecule has 1 aliphatic heterocycles. The molecule has 1 saturated heterocycles. The summed E-state index contributed by atoms with van der Waals surface area (Å²) in [7, 11) is 2.91. The fraction of sp³-hybridized carbons (Fsp3) is 0.303. The first kappa shape index (κ1) is 32.4. The zero-order valence-electron chi connectivity index (χ0n) is 25.4. The number of carbonyl (C=O) groups is 1. The molecule has 2 heterocycles. The zero-order chi connectivity index (χ0) is 32.5. The lowest BCUT2D eigenvalue weighted by Gasteiger charge is -2.26. The first-order chi connectivity index (χ1) is 22.3. The average molecular weight is 638 g/mol. The van der Waals surface area contributed by atoms with Crippen molar-refractivity contribution >= 4 is 23.4 Å². The van der Waals surface area contributed by atoms with Crippen LogP contribution in [0, 0.1) is 17.5 Å². The molecule has 1 aromatic heterocycles. The molecule has 1 fully saturated rings. The number of nitrogens with one attached hydrogen (secondary N) is 2. The van der Waals surface area contributed by atoms with E-state index in [-0.39, 0.29) is 40.2 Å². The zero-order valence-corrected chi connectivity index (χ0v) is 25.4. The molecular formula is C33H34F3N5O5. The summed E-state index contributed by atoms with van der Waals surface area (Å²) in [5.74, 6) is -2.41. The normalized spacial score (nSPS) is 13.2. The van der Waals surface area contributed by atoms with E-state index < -0.39 is 23.5 Å². The Balaban J connectivity index is 1.32. The molecule has 46 heavy (non-hydrogen) atoms. The van der Waals surface area contributed by atoms with Gasteiger partial charge in [0.05, 0.1) is 32.2 Å². The van der Waals surface area contributed by atoms with Gasteiger partial charge < -0.3 is 29.2 Å². The molecule has 0 radical (unpaired) electrons. The third-order valence-corrected chi connectivity index (χ3v) is 7.29. The van der Waals surface area contributed by atoms with Crippen LogP contribution in [0.4, 0.5) is 35.3 Å². The van der Waals surface area contributed by atoms with E-state index in [4.69, 9.17) is 18.9 Å². The molecule has 3 aromatic carbocycles. The fourth-order valence-electron chi connectivity index (χ4n) is 4.98. The van der Waals surface area contributed by atoms with Crippen molar-refractivity contribution in [3.8, 4) is 34.4 Å². The molecule has 0 unspecified atom stereocenters. The Kier molecular flexibility index (Phi) is 10.8. The van der Waals surface area contributed by atoms with Crippen molar-refractivity contribution in [3.63, 3.8) is 0 Å².